The molecule has 3 unspecified atom stereocenters. The Morgan fingerprint density at radius 2 is 1.69 bits per heavy atom. The summed E-state index contributed by atoms with van der Waals surface area (Å²) in [4.78, 5) is 28.0. The summed E-state index contributed by atoms with van der Waals surface area (Å²) in [5.74, 6) is -1.44. The van der Waals surface area contributed by atoms with Crippen LogP contribution in [0.5, 0.6) is 0 Å². The molecule has 4 rings (SSSR count). The van der Waals surface area contributed by atoms with E-state index in [1.54, 1.807) is 17.0 Å². The Labute approximate surface area is 168 Å². The van der Waals surface area contributed by atoms with Crippen molar-refractivity contribution in [2.75, 3.05) is 0 Å². The third kappa shape index (κ3) is 4.16. The summed E-state index contributed by atoms with van der Waals surface area (Å²) in [5.41, 5.74) is 0.927. The van der Waals surface area contributed by atoms with Gasteiger partial charge in [-0.2, -0.15) is 0 Å². The highest BCUT2D eigenvalue weighted by Crippen LogP contribution is 2.40. The maximum atomic E-state index is 13.4. The maximum absolute atomic E-state index is 13.4. The average molecular weight is 398 g/mol. The van der Waals surface area contributed by atoms with Gasteiger partial charge in [0.1, 0.15) is 17.7 Å². The molecule has 4 nitrogen and oxygen atoms in total. The largest absolute Gasteiger partial charge is 0.350 e. The molecule has 152 valence electrons. The van der Waals surface area contributed by atoms with Gasteiger partial charge in [0.05, 0.1) is 0 Å². The Hall–Kier alpha value is -2.76. The summed E-state index contributed by atoms with van der Waals surface area (Å²) in [7, 11) is 0. The first-order chi connectivity index (χ1) is 14.0. The van der Waals surface area contributed by atoms with Crippen molar-refractivity contribution in [1.29, 1.82) is 0 Å². The van der Waals surface area contributed by atoms with E-state index in [4.69, 9.17) is 0 Å². The van der Waals surface area contributed by atoms with Crippen molar-refractivity contribution in [1.82, 2.24) is 10.2 Å². The van der Waals surface area contributed by atoms with Crippen LogP contribution in [-0.2, 0) is 11.3 Å². The van der Waals surface area contributed by atoms with Crippen molar-refractivity contribution in [2.45, 2.75) is 50.7 Å². The number of nitrogens with zero attached hydrogens (tertiary/aromatic N) is 1. The van der Waals surface area contributed by atoms with Crippen LogP contribution in [0.1, 0.15) is 48.0 Å². The SMILES string of the molecule is O=C(NCc1cc(F)cc(F)c1)C1CC2CCCCC2N1C(=O)c1ccccc1. The number of hydrogen-bond acceptors (Lipinski definition) is 2. The lowest BCUT2D eigenvalue weighted by Gasteiger charge is -2.33. The van der Waals surface area contributed by atoms with E-state index in [0.717, 1.165) is 31.7 Å². The molecule has 1 heterocycles. The number of carbonyl (C=O) groups excluding carboxylic acids is 2. The summed E-state index contributed by atoms with van der Waals surface area (Å²) in [6.45, 7) is 0.0205. The Kier molecular flexibility index (Phi) is 5.60. The highest BCUT2D eigenvalue weighted by Gasteiger charge is 2.47. The molecule has 1 N–H and O–H groups in total. The summed E-state index contributed by atoms with van der Waals surface area (Å²) in [5, 5.41) is 2.78. The molecule has 2 aromatic rings. The van der Waals surface area contributed by atoms with Crippen LogP contribution in [-0.4, -0.2) is 28.8 Å². The van der Waals surface area contributed by atoms with Gasteiger partial charge < -0.3 is 10.2 Å². The van der Waals surface area contributed by atoms with Crippen LogP contribution in [0.3, 0.4) is 0 Å². The van der Waals surface area contributed by atoms with Crippen LogP contribution >= 0.6 is 0 Å². The molecule has 1 saturated carbocycles. The summed E-state index contributed by atoms with van der Waals surface area (Å²) in [6, 6.07) is 11.7. The predicted octanol–water partition coefficient (Wildman–Crippen LogP) is 4.05. The highest BCUT2D eigenvalue weighted by molar-refractivity contribution is 5.98. The van der Waals surface area contributed by atoms with E-state index in [0.29, 0.717) is 23.5 Å². The fourth-order valence-electron chi connectivity index (χ4n) is 4.74. The lowest BCUT2D eigenvalue weighted by molar-refractivity contribution is -0.125. The lowest BCUT2D eigenvalue weighted by Crippen LogP contribution is -2.49. The van der Waals surface area contributed by atoms with Crippen molar-refractivity contribution in [2.24, 2.45) is 5.92 Å². The minimum Gasteiger partial charge on any atom is -0.350 e. The Bertz CT molecular complexity index is 883. The number of benzene rings is 2. The number of amides is 2. The van der Waals surface area contributed by atoms with E-state index in [2.05, 4.69) is 5.32 Å². The fourth-order valence-corrected chi connectivity index (χ4v) is 4.74. The second kappa shape index (κ2) is 8.31. The summed E-state index contributed by atoms with van der Waals surface area (Å²) in [6.07, 6.45) is 4.72. The number of halogens is 2. The molecule has 0 aromatic heterocycles. The number of nitrogens with one attached hydrogen (secondary N) is 1. The van der Waals surface area contributed by atoms with Crippen LogP contribution in [0.15, 0.2) is 48.5 Å². The van der Waals surface area contributed by atoms with Gasteiger partial charge in [-0.25, -0.2) is 8.78 Å². The van der Waals surface area contributed by atoms with Crippen LogP contribution in [0.25, 0.3) is 0 Å². The highest BCUT2D eigenvalue weighted by atomic mass is 19.1. The zero-order chi connectivity index (χ0) is 20.4. The third-order valence-corrected chi connectivity index (χ3v) is 6.04. The van der Waals surface area contributed by atoms with Gasteiger partial charge >= 0.3 is 0 Å². The Morgan fingerprint density at radius 1 is 1.00 bits per heavy atom. The minimum absolute atomic E-state index is 0.0205. The molecule has 3 atom stereocenters. The molecule has 2 fully saturated rings. The second-order valence-corrected chi connectivity index (χ2v) is 7.94. The topological polar surface area (TPSA) is 49.4 Å². The Balaban J connectivity index is 1.53. The predicted molar refractivity (Wildman–Crippen MR) is 105 cm³/mol. The molecule has 2 aliphatic rings. The zero-order valence-corrected chi connectivity index (χ0v) is 16.1. The number of carbonyl (C=O) groups is 2. The van der Waals surface area contributed by atoms with E-state index in [-0.39, 0.29) is 24.4 Å². The third-order valence-electron chi connectivity index (χ3n) is 6.04. The van der Waals surface area contributed by atoms with Gasteiger partial charge in [-0.05, 0) is 55.0 Å². The van der Waals surface area contributed by atoms with Gasteiger partial charge in [0.25, 0.3) is 5.91 Å². The van der Waals surface area contributed by atoms with Crippen LogP contribution < -0.4 is 5.32 Å². The molecule has 29 heavy (non-hydrogen) atoms. The standard InChI is InChI=1S/C23H24F2N2O2/c24-18-10-15(11-19(25)13-18)14-26-22(28)21-12-17-8-4-5-9-20(17)27(21)23(29)16-6-2-1-3-7-16/h1-3,6-7,10-11,13,17,20-21H,4-5,8-9,12,14H2,(H,26,28). The molecular weight excluding hydrogens is 374 g/mol. The molecule has 1 saturated heterocycles. The van der Waals surface area contributed by atoms with E-state index >= 15 is 0 Å². The number of rotatable bonds is 4. The van der Waals surface area contributed by atoms with Crippen molar-refractivity contribution in [3.05, 3.63) is 71.3 Å². The van der Waals surface area contributed by atoms with Crippen LogP contribution in [0, 0.1) is 17.6 Å². The van der Waals surface area contributed by atoms with Crippen molar-refractivity contribution < 1.29 is 18.4 Å². The molecule has 6 heteroatoms. The molecule has 1 aliphatic carbocycles. The van der Waals surface area contributed by atoms with Crippen LogP contribution in [0.2, 0.25) is 0 Å². The molecule has 0 radical (unpaired) electrons. The van der Waals surface area contributed by atoms with Gasteiger partial charge in [0.2, 0.25) is 5.91 Å². The van der Waals surface area contributed by atoms with Gasteiger partial charge in [-0.1, -0.05) is 31.0 Å². The van der Waals surface area contributed by atoms with Crippen molar-refractivity contribution >= 4 is 11.8 Å². The summed E-state index contributed by atoms with van der Waals surface area (Å²) >= 11 is 0. The lowest BCUT2D eigenvalue weighted by atomic mass is 9.84. The molecule has 2 amide bonds. The van der Waals surface area contributed by atoms with Gasteiger partial charge in [0, 0.05) is 24.2 Å². The van der Waals surface area contributed by atoms with E-state index in [9.17, 15) is 18.4 Å². The first kappa shape index (κ1) is 19.6. The number of hydrogen-bond donors (Lipinski definition) is 1. The normalized spacial score (nSPS) is 23.5. The van der Waals surface area contributed by atoms with Crippen molar-refractivity contribution in [3.63, 3.8) is 0 Å². The van der Waals surface area contributed by atoms with E-state index in [1.165, 1.54) is 12.1 Å². The second-order valence-electron chi connectivity index (χ2n) is 7.94. The van der Waals surface area contributed by atoms with Crippen LogP contribution in [0.4, 0.5) is 8.78 Å². The monoisotopic (exact) mass is 398 g/mol. The first-order valence-corrected chi connectivity index (χ1v) is 10.1. The Morgan fingerprint density at radius 3 is 2.41 bits per heavy atom. The molecule has 0 bridgehead atoms. The summed E-state index contributed by atoms with van der Waals surface area (Å²) < 4.78 is 26.8. The molecule has 2 aromatic carbocycles. The van der Waals surface area contributed by atoms with Gasteiger partial charge in [-0.3, -0.25) is 9.59 Å². The van der Waals surface area contributed by atoms with E-state index < -0.39 is 17.7 Å². The fraction of sp³-hybridized carbons (Fsp3) is 0.391. The number of fused-ring (bicyclic) bond motifs is 1. The molecular formula is C23H24F2N2O2. The van der Waals surface area contributed by atoms with Crippen molar-refractivity contribution in [3.8, 4) is 0 Å². The number of likely N-dealkylation sites (tertiary alicyclic amines) is 1. The average Bonchev–Trinajstić information content (AvgIpc) is 3.11. The zero-order valence-electron chi connectivity index (χ0n) is 16.1. The first-order valence-electron chi connectivity index (χ1n) is 10.1. The minimum atomic E-state index is -0.679. The maximum Gasteiger partial charge on any atom is 0.254 e. The quantitative estimate of drug-likeness (QED) is 0.845. The smallest absolute Gasteiger partial charge is 0.254 e. The van der Waals surface area contributed by atoms with E-state index in [1.807, 2.05) is 18.2 Å². The molecule has 0 spiro atoms. The molecule has 1 aliphatic heterocycles. The van der Waals surface area contributed by atoms with Gasteiger partial charge in [0.15, 0.2) is 0 Å². The van der Waals surface area contributed by atoms with Gasteiger partial charge in [-0.15, -0.1) is 0 Å².